The van der Waals surface area contributed by atoms with Crippen LogP contribution in [0.15, 0.2) is 0 Å². The summed E-state index contributed by atoms with van der Waals surface area (Å²) in [6, 6.07) is 0. The van der Waals surface area contributed by atoms with E-state index in [4.69, 9.17) is 4.18 Å². The second kappa shape index (κ2) is 5.95. The van der Waals surface area contributed by atoms with Gasteiger partial charge in [-0.15, -0.1) is 0 Å². The Labute approximate surface area is 60.2 Å². The molecular formula is C6H12O2S. The Bertz CT molecular complexity index is 83.1. The van der Waals surface area contributed by atoms with Gasteiger partial charge in [-0.25, -0.2) is 0 Å². The topological polar surface area (TPSA) is 26.3 Å². The smallest absolute Gasteiger partial charge is 0.317 e. The Morgan fingerprint density at radius 2 is 2.22 bits per heavy atom. The predicted octanol–water partition coefficient (Wildman–Crippen LogP) is 2.00. The predicted molar refractivity (Wildman–Crippen MR) is 39.1 cm³/mol. The molecule has 0 aliphatic carbocycles. The van der Waals surface area contributed by atoms with Crippen molar-refractivity contribution >= 4 is 18.0 Å². The van der Waals surface area contributed by atoms with E-state index in [2.05, 4.69) is 0 Å². The maximum absolute atomic E-state index is 10.6. The van der Waals surface area contributed by atoms with Crippen LogP contribution in [0.5, 0.6) is 0 Å². The third-order valence-corrected chi connectivity index (χ3v) is 1.26. The van der Waals surface area contributed by atoms with Gasteiger partial charge in [0.15, 0.2) is 0 Å². The minimum absolute atomic E-state index is 0.107. The summed E-state index contributed by atoms with van der Waals surface area (Å²) < 4.78 is 4.71. The number of carbonyl (C=O) groups is 1. The summed E-state index contributed by atoms with van der Waals surface area (Å²) >= 11 is 1.21. The summed E-state index contributed by atoms with van der Waals surface area (Å²) in [5, 5.41) is 0. The minimum Gasteiger partial charge on any atom is -0.391 e. The van der Waals surface area contributed by atoms with Crippen LogP contribution >= 0.6 is 12.0 Å². The lowest BCUT2D eigenvalue weighted by Gasteiger charge is -1.96. The molecule has 2 nitrogen and oxygen atoms in total. The first-order valence-electron chi connectivity index (χ1n) is 3.13. The molecule has 54 valence electrons. The van der Waals surface area contributed by atoms with Crippen molar-refractivity contribution in [3.63, 3.8) is 0 Å². The fourth-order valence-electron chi connectivity index (χ4n) is 0.370. The van der Waals surface area contributed by atoms with Crippen LogP contribution in [0.4, 0.5) is 0 Å². The quantitative estimate of drug-likeness (QED) is 0.570. The van der Waals surface area contributed by atoms with Crippen LogP contribution in [0, 0.1) is 0 Å². The fourth-order valence-corrected chi connectivity index (χ4v) is 0.703. The van der Waals surface area contributed by atoms with Gasteiger partial charge in [-0.05, 0) is 6.42 Å². The van der Waals surface area contributed by atoms with E-state index in [1.165, 1.54) is 12.0 Å². The Kier molecular flexibility index (Phi) is 5.83. The molecule has 9 heavy (non-hydrogen) atoms. The van der Waals surface area contributed by atoms with Gasteiger partial charge >= 0.3 is 5.97 Å². The number of rotatable bonds is 4. The highest BCUT2D eigenvalue weighted by molar-refractivity contribution is 7.95. The lowest BCUT2D eigenvalue weighted by molar-refractivity contribution is -0.133. The summed E-state index contributed by atoms with van der Waals surface area (Å²) in [5.41, 5.74) is 0. The van der Waals surface area contributed by atoms with Crippen LogP contribution in [0.2, 0.25) is 0 Å². The van der Waals surface area contributed by atoms with Gasteiger partial charge in [-0.2, -0.15) is 0 Å². The summed E-state index contributed by atoms with van der Waals surface area (Å²) in [6.45, 7) is 3.90. The molecule has 0 unspecified atom stereocenters. The molecule has 0 rings (SSSR count). The standard InChI is InChI=1S/C6H12O2S/c1-3-5-6(7)8-9-4-2/h3-5H2,1-2H3. The Morgan fingerprint density at radius 3 is 2.67 bits per heavy atom. The normalized spacial score (nSPS) is 9.11. The van der Waals surface area contributed by atoms with Crippen LogP contribution in [0.25, 0.3) is 0 Å². The fraction of sp³-hybridized carbons (Fsp3) is 0.833. The third-order valence-electron chi connectivity index (χ3n) is 0.724. The molecule has 3 heteroatoms. The molecule has 0 aliphatic rings. The molecule has 0 heterocycles. The molecule has 0 N–H and O–H groups in total. The van der Waals surface area contributed by atoms with E-state index in [-0.39, 0.29) is 5.97 Å². The van der Waals surface area contributed by atoms with E-state index < -0.39 is 0 Å². The Hall–Kier alpha value is -0.180. The molecule has 0 aromatic carbocycles. The maximum Gasteiger partial charge on any atom is 0.317 e. The molecule has 0 radical (unpaired) electrons. The summed E-state index contributed by atoms with van der Waals surface area (Å²) in [4.78, 5) is 10.6. The van der Waals surface area contributed by atoms with Crippen molar-refractivity contribution in [1.82, 2.24) is 0 Å². The van der Waals surface area contributed by atoms with Gasteiger partial charge in [0.2, 0.25) is 0 Å². The molecular weight excluding hydrogens is 136 g/mol. The third kappa shape index (κ3) is 5.69. The van der Waals surface area contributed by atoms with E-state index in [0.717, 1.165) is 12.2 Å². The minimum atomic E-state index is -0.107. The van der Waals surface area contributed by atoms with Crippen LogP contribution in [-0.4, -0.2) is 11.7 Å². The number of hydrogen-bond acceptors (Lipinski definition) is 3. The van der Waals surface area contributed by atoms with Crippen molar-refractivity contribution in [1.29, 1.82) is 0 Å². The molecule has 0 saturated heterocycles. The second-order valence-corrected chi connectivity index (χ2v) is 2.59. The first-order chi connectivity index (χ1) is 4.31. The van der Waals surface area contributed by atoms with Gasteiger partial charge in [-0.3, -0.25) is 4.79 Å². The zero-order valence-corrected chi connectivity index (χ0v) is 6.66. The highest BCUT2D eigenvalue weighted by Gasteiger charge is 1.98. The van der Waals surface area contributed by atoms with Crippen molar-refractivity contribution in [2.75, 3.05) is 5.75 Å². The Balaban J connectivity index is 3.06. The number of hydrogen-bond donors (Lipinski definition) is 0. The van der Waals surface area contributed by atoms with Gasteiger partial charge in [0.05, 0.1) is 12.0 Å². The van der Waals surface area contributed by atoms with Gasteiger partial charge in [-0.1, -0.05) is 13.8 Å². The average Bonchev–Trinajstić information content (AvgIpc) is 1.85. The summed E-state index contributed by atoms with van der Waals surface area (Å²) in [5.74, 6) is 0.722. The largest absolute Gasteiger partial charge is 0.391 e. The second-order valence-electron chi connectivity index (χ2n) is 1.61. The van der Waals surface area contributed by atoms with Crippen LogP contribution < -0.4 is 0 Å². The average molecular weight is 148 g/mol. The molecule has 0 fully saturated rings. The van der Waals surface area contributed by atoms with Crippen molar-refractivity contribution in [3.05, 3.63) is 0 Å². The lowest BCUT2D eigenvalue weighted by atomic mass is 10.4. The van der Waals surface area contributed by atoms with Crippen molar-refractivity contribution in [2.24, 2.45) is 0 Å². The van der Waals surface area contributed by atoms with Gasteiger partial charge < -0.3 is 4.18 Å². The van der Waals surface area contributed by atoms with E-state index in [1.807, 2.05) is 13.8 Å². The van der Waals surface area contributed by atoms with E-state index in [1.54, 1.807) is 0 Å². The van der Waals surface area contributed by atoms with Crippen molar-refractivity contribution in [2.45, 2.75) is 26.7 Å². The first-order valence-corrected chi connectivity index (χ1v) is 4.04. The molecule has 0 atom stereocenters. The molecule has 0 amide bonds. The summed E-state index contributed by atoms with van der Waals surface area (Å²) in [7, 11) is 0. The van der Waals surface area contributed by atoms with Gasteiger partial charge in [0, 0.05) is 12.2 Å². The SMILES string of the molecule is CCCC(=O)OSCC. The monoisotopic (exact) mass is 148 g/mol. The van der Waals surface area contributed by atoms with Crippen molar-refractivity contribution in [3.8, 4) is 0 Å². The molecule has 0 bridgehead atoms. The van der Waals surface area contributed by atoms with E-state index in [0.29, 0.717) is 6.42 Å². The van der Waals surface area contributed by atoms with Crippen molar-refractivity contribution < 1.29 is 8.98 Å². The van der Waals surface area contributed by atoms with Crippen LogP contribution in [-0.2, 0) is 8.98 Å². The number of carbonyl (C=O) groups excluding carboxylic acids is 1. The Morgan fingerprint density at radius 1 is 1.56 bits per heavy atom. The molecule has 0 aromatic heterocycles. The molecule has 0 aliphatic heterocycles. The van der Waals surface area contributed by atoms with Gasteiger partial charge in [0.1, 0.15) is 0 Å². The van der Waals surface area contributed by atoms with Crippen LogP contribution in [0.3, 0.4) is 0 Å². The highest BCUT2D eigenvalue weighted by Crippen LogP contribution is 2.03. The maximum atomic E-state index is 10.6. The summed E-state index contributed by atoms with van der Waals surface area (Å²) in [6.07, 6.45) is 1.40. The first kappa shape index (κ1) is 8.82. The zero-order valence-electron chi connectivity index (χ0n) is 5.85. The van der Waals surface area contributed by atoms with Crippen LogP contribution in [0.1, 0.15) is 26.7 Å². The molecule has 0 aromatic rings. The van der Waals surface area contributed by atoms with Gasteiger partial charge in [0.25, 0.3) is 0 Å². The lowest BCUT2D eigenvalue weighted by Crippen LogP contribution is -1.96. The molecule has 0 spiro atoms. The van der Waals surface area contributed by atoms with E-state index in [9.17, 15) is 4.79 Å². The molecule has 0 saturated carbocycles. The zero-order chi connectivity index (χ0) is 7.11. The highest BCUT2D eigenvalue weighted by atomic mass is 32.2. The van der Waals surface area contributed by atoms with E-state index >= 15 is 0 Å².